The maximum absolute atomic E-state index is 9.91. The van der Waals surface area contributed by atoms with Gasteiger partial charge in [0.1, 0.15) is 17.3 Å². The van der Waals surface area contributed by atoms with Crippen LogP contribution >= 0.6 is 11.6 Å². The molecule has 118 valence electrons. The van der Waals surface area contributed by atoms with Gasteiger partial charge in [-0.25, -0.2) is 9.97 Å². The van der Waals surface area contributed by atoms with Crippen LogP contribution in [0.15, 0.2) is 6.33 Å². The highest BCUT2D eigenvalue weighted by Gasteiger charge is 2.25. The van der Waals surface area contributed by atoms with E-state index in [9.17, 15) is 5.11 Å². The van der Waals surface area contributed by atoms with Crippen LogP contribution in [0.2, 0.25) is 5.15 Å². The van der Waals surface area contributed by atoms with Crippen LogP contribution in [0.5, 0.6) is 0 Å². The Morgan fingerprint density at radius 2 is 1.86 bits per heavy atom. The van der Waals surface area contributed by atoms with E-state index in [0.717, 1.165) is 37.6 Å². The summed E-state index contributed by atoms with van der Waals surface area (Å²) in [6, 6.07) is 0. The molecule has 1 aliphatic rings. The van der Waals surface area contributed by atoms with Gasteiger partial charge in [-0.05, 0) is 19.8 Å². The fourth-order valence-corrected chi connectivity index (χ4v) is 3.13. The molecular formula is C15H25ClN4O. The lowest BCUT2D eigenvalue weighted by Crippen LogP contribution is -2.51. The van der Waals surface area contributed by atoms with Crippen LogP contribution in [0.3, 0.4) is 0 Å². The van der Waals surface area contributed by atoms with E-state index < -0.39 is 5.60 Å². The number of aliphatic hydroxyl groups is 1. The van der Waals surface area contributed by atoms with Gasteiger partial charge in [-0.15, -0.1) is 0 Å². The first-order valence-electron chi connectivity index (χ1n) is 7.48. The topological polar surface area (TPSA) is 52.5 Å². The van der Waals surface area contributed by atoms with Crippen molar-refractivity contribution in [1.82, 2.24) is 14.9 Å². The van der Waals surface area contributed by atoms with Crippen LogP contribution in [0, 0.1) is 0 Å². The van der Waals surface area contributed by atoms with Crippen molar-refractivity contribution in [2.24, 2.45) is 0 Å². The lowest BCUT2D eigenvalue weighted by molar-refractivity contribution is 0.0344. The summed E-state index contributed by atoms with van der Waals surface area (Å²) < 4.78 is 0. The Morgan fingerprint density at radius 1 is 1.24 bits per heavy atom. The Balaban J connectivity index is 2.08. The molecule has 0 amide bonds. The Labute approximate surface area is 131 Å². The van der Waals surface area contributed by atoms with E-state index in [0.29, 0.717) is 17.6 Å². The third-order valence-electron chi connectivity index (χ3n) is 3.67. The average Bonchev–Trinajstić information content (AvgIpc) is 2.37. The van der Waals surface area contributed by atoms with Gasteiger partial charge >= 0.3 is 0 Å². The minimum atomic E-state index is -0.649. The molecule has 1 fully saturated rings. The summed E-state index contributed by atoms with van der Waals surface area (Å²) >= 11 is 6.24. The zero-order chi connectivity index (χ0) is 15.6. The maximum Gasteiger partial charge on any atom is 0.138 e. The lowest BCUT2D eigenvalue weighted by atomic mass is 10.0. The molecule has 0 atom stereocenters. The SMILES string of the molecule is CC(C)c1c(Cl)ncnc1N1CCN(CC(C)(C)O)CC1. The van der Waals surface area contributed by atoms with Gasteiger partial charge in [0.2, 0.25) is 0 Å². The van der Waals surface area contributed by atoms with E-state index in [4.69, 9.17) is 11.6 Å². The molecular weight excluding hydrogens is 288 g/mol. The lowest BCUT2D eigenvalue weighted by Gasteiger charge is -2.38. The molecule has 5 nitrogen and oxygen atoms in total. The molecule has 0 saturated carbocycles. The van der Waals surface area contributed by atoms with Crippen LogP contribution in [0.1, 0.15) is 39.2 Å². The van der Waals surface area contributed by atoms with Crippen molar-refractivity contribution in [1.29, 1.82) is 0 Å². The Kier molecular flexibility index (Phi) is 5.07. The first kappa shape index (κ1) is 16.5. The fourth-order valence-electron chi connectivity index (χ4n) is 2.78. The second kappa shape index (κ2) is 6.46. The van der Waals surface area contributed by atoms with Gasteiger partial charge in [-0.2, -0.15) is 0 Å². The predicted octanol–water partition coefficient (Wildman–Crippen LogP) is 2.15. The molecule has 2 heterocycles. The smallest absolute Gasteiger partial charge is 0.138 e. The van der Waals surface area contributed by atoms with Crippen molar-refractivity contribution in [2.45, 2.75) is 39.2 Å². The fraction of sp³-hybridized carbons (Fsp3) is 0.733. The molecule has 6 heteroatoms. The van der Waals surface area contributed by atoms with Gasteiger partial charge in [0.25, 0.3) is 0 Å². The van der Waals surface area contributed by atoms with E-state index in [1.165, 1.54) is 6.33 Å². The molecule has 1 aromatic heterocycles. The van der Waals surface area contributed by atoms with Crippen LogP contribution in [0.4, 0.5) is 5.82 Å². The predicted molar refractivity (Wildman–Crippen MR) is 86.1 cm³/mol. The van der Waals surface area contributed by atoms with Gasteiger partial charge in [-0.3, -0.25) is 4.90 Å². The number of anilines is 1. The summed E-state index contributed by atoms with van der Waals surface area (Å²) in [6.07, 6.45) is 1.53. The first-order chi connectivity index (χ1) is 9.78. The largest absolute Gasteiger partial charge is 0.389 e. The van der Waals surface area contributed by atoms with Crippen molar-refractivity contribution in [2.75, 3.05) is 37.6 Å². The highest BCUT2D eigenvalue weighted by atomic mass is 35.5. The van der Waals surface area contributed by atoms with Crippen LogP contribution in [-0.4, -0.2) is 58.3 Å². The molecule has 0 radical (unpaired) electrons. The maximum atomic E-state index is 9.91. The van der Waals surface area contributed by atoms with E-state index in [-0.39, 0.29) is 0 Å². The molecule has 1 N–H and O–H groups in total. The van der Waals surface area contributed by atoms with Gasteiger partial charge in [0.05, 0.1) is 5.60 Å². The monoisotopic (exact) mass is 312 g/mol. The summed E-state index contributed by atoms with van der Waals surface area (Å²) in [7, 11) is 0. The number of nitrogens with zero attached hydrogens (tertiary/aromatic N) is 4. The van der Waals surface area contributed by atoms with Crippen LogP contribution < -0.4 is 4.90 Å². The number of hydrogen-bond donors (Lipinski definition) is 1. The highest BCUT2D eigenvalue weighted by molar-refractivity contribution is 6.30. The summed E-state index contributed by atoms with van der Waals surface area (Å²) in [5, 5.41) is 10.5. The number of β-amino-alcohol motifs (C(OH)–C–C–N with tert-alkyl or cyclic N) is 1. The van der Waals surface area contributed by atoms with Gasteiger partial charge in [0, 0.05) is 38.3 Å². The molecule has 0 bridgehead atoms. The summed E-state index contributed by atoms with van der Waals surface area (Å²) in [6.45, 7) is 12.2. The molecule has 0 spiro atoms. The number of rotatable bonds is 4. The number of hydrogen-bond acceptors (Lipinski definition) is 5. The summed E-state index contributed by atoms with van der Waals surface area (Å²) in [4.78, 5) is 13.1. The Hall–Kier alpha value is -0.910. The molecule has 1 aromatic rings. The quantitative estimate of drug-likeness (QED) is 0.863. The Morgan fingerprint density at radius 3 is 2.38 bits per heavy atom. The van der Waals surface area contributed by atoms with Crippen molar-refractivity contribution in [3.63, 3.8) is 0 Å². The standard InChI is InChI=1S/C15H25ClN4O/c1-11(2)12-13(16)17-10-18-14(12)20-7-5-19(6-8-20)9-15(3,4)21/h10-11,21H,5-9H2,1-4H3. The van der Waals surface area contributed by atoms with Crippen LogP contribution in [0.25, 0.3) is 0 Å². The second-order valence-corrected chi connectivity index (χ2v) is 6.99. The van der Waals surface area contributed by atoms with Gasteiger partial charge < -0.3 is 10.0 Å². The van der Waals surface area contributed by atoms with E-state index in [1.54, 1.807) is 0 Å². The van der Waals surface area contributed by atoms with E-state index in [1.807, 2.05) is 13.8 Å². The molecule has 0 aliphatic carbocycles. The zero-order valence-corrected chi connectivity index (χ0v) is 14.1. The normalized spacial score (nSPS) is 17.6. The molecule has 1 aliphatic heterocycles. The average molecular weight is 313 g/mol. The summed E-state index contributed by atoms with van der Waals surface area (Å²) in [5.41, 5.74) is 0.374. The molecule has 0 unspecified atom stereocenters. The third kappa shape index (κ3) is 4.28. The number of halogens is 1. The zero-order valence-electron chi connectivity index (χ0n) is 13.3. The van der Waals surface area contributed by atoms with Crippen LogP contribution in [-0.2, 0) is 0 Å². The van der Waals surface area contributed by atoms with Gasteiger partial charge in [-0.1, -0.05) is 25.4 Å². The molecule has 1 saturated heterocycles. The first-order valence-corrected chi connectivity index (χ1v) is 7.86. The minimum Gasteiger partial charge on any atom is -0.389 e. The molecule has 21 heavy (non-hydrogen) atoms. The van der Waals surface area contributed by atoms with Crippen molar-refractivity contribution < 1.29 is 5.11 Å². The third-order valence-corrected chi connectivity index (χ3v) is 3.98. The summed E-state index contributed by atoms with van der Waals surface area (Å²) in [5.74, 6) is 1.25. The highest BCUT2D eigenvalue weighted by Crippen LogP contribution is 2.31. The minimum absolute atomic E-state index is 0.295. The number of aromatic nitrogens is 2. The van der Waals surface area contributed by atoms with Crippen molar-refractivity contribution >= 4 is 17.4 Å². The van der Waals surface area contributed by atoms with Gasteiger partial charge in [0.15, 0.2) is 0 Å². The van der Waals surface area contributed by atoms with Crippen molar-refractivity contribution in [3.05, 3.63) is 17.0 Å². The Bertz CT molecular complexity index is 479. The van der Waals surface area contributed by atoms with E-state index >= 15 is 0 Å². The second-order valence-electron chi connectivity index (χ2n) is 6.63. The van der Waals surface area contributed by atoms with Crippen molar-refractivity contribution in [3.8, 4) is 0 Å². The molecule has 0 aromatic carbocycles. The molecule has 2 rings (SSSR count). The number of piperazine rings is 1. The van der Waals surface area contributed by atoms with E-state index in [2.05, 4.69) is 33.6 Å².